The van der Waals surface area contributed by atoms with Gasteiger partial charge in [0.05, 0.1) is 16.6 Å². The standard InChI is InChI=1S/C14H14BrClN2O/c1-19-14-12(15)7-10(8-13(14)16)9-17-18-11-5-3-2-4-6-11/h2-8,17-18H,9H2,1H3. The van der Waals surface area contributed by atoms with Crippen LogP contribution in [0.4, 0.5) is 5.69 Å². The van der Waals surface area contributed by atoms with Gasteiger partial charge in [-0.25, -0.2) is 5.43 Å². The van der Waals surface area contributed by atoms with Crippen molar-refractivity contribution in [3.63, 3.8) is 0 Å². The summed E-state index contributed by atoms with van der Waals surface area (Å²) in [6.07, 6.45) is 0. The molecular formula is C14H14BrClN2O. The van der Waals surface area contributed by atoms with Crippen LogP contribution in [-0.4, -0.2) is 7.11 Å². The fraction of sp³-hybridized carbons (Fsp3) is 0.143. The maximum atomic E-state index is 6.13. The summed E-state index contributed by atoms with van der Waals surface area (Å²) in [6.45, 7) is 0.650. The monoisotopic (exact) mass is 340 g/mol. The van der Waals surface area contributed by atoms with Gasteiger partial charge < -0.3 is 10.2 Å². The van der Waals surface area contributed by atoms with Crippen molar-refractivity contribution in [2.24, 2.45) is 0 Å². The molecule has 0 saturated heterocycles. The highest BCUT2D eigenvalue weighted by Gasteiger charge is 2.07. The van der Waals surface area contributed by atoms with Crippen LogP contribution in [0.5, 0.6) is 5.75 Å². The Morgan fingerprint density at radius 2 is 1.95 bits per heavy atom. The lowest BCUT2D eigenvalue weighted by atomic mass is 10.2. The number of para-hydroxylation sites is 1. The zero-order valence-electron chi connectivity index (χ0n) is 10.4. The molecule has 19 heavy (non-hydrogen) atoms. The highest BCUT2D eigenvalue weighted by molar-refractivity contribution is 9.10. The van der Waals surface area contributed by atoms with E-state index in [1.165, 1.54) is 0 Å². The largest absolute Gasteiger partial charge is 0.494 e. The number of nitrogens with one attached hydrogen (secondary N) is 2. The number of hydrogen-bond donors (Lipinski definition) is 2. The predicted octanol–water partition coefficient (Wildman–Crippen LogP) is 4.23. The summed E-state index contributed by atoms with van der Waals surface area (Å²) in [5.41, 5.74) is 8.33. The van der Waals surface area contributed by atoms with Crippen molar-refractivity contribution in [1.82, 2.24) is 5.43 Å². The van der Waals surface area contributed by atoms with Crippen LogP contribution in [-0.2, 0) is 6.54 Å². The zero-order chi connectivity index (χ0) is 13.7. The predicted molar refractivity (Wildman–Crippen MR) is 82.6 cm³/mol. The van der Waals surface area contributed by atoms with Crippen LogP contribution in [0.3, 0.4) is 0 Å². The van der Waals surface area contributed by atoms with Crippen molar-refractivity contribution >= 4 is 33.2 Å². The normalized spacial score (nSPS) is 10.3. The first-order chi connectivity index (χ1) is 9.20. The second-order valence-corrected chi connectivity index (χ2v) is 5.20. The minimum absolute atomic E-state index is 0.591. The Hall–Kier alpha value is -1.23. The molecule has 0 aliphatic rings. The van der Waals surface area contributed by atoms with E-state index in [9.17, 15) is 0 Å². The Morgan fingerprint density at radius 1 is 1.21 bits per heavy atom. The van der Waals surface area contributed by atoms with Crippen molar-refractivity contribution in [2.75, 3.05) is 12.5 Å². The van der Waals surface area contributed by atoms with Gasteiger partial charge in [0.15, 0.2) is 5.75 Å². The van der Waals surface area contributed by atoms with Crippen LogP contribution in [0.1, 0.15) is 5.56 Å². The molecule has 5 heteroatoms. The van der Waals surface area contributed by atoms with Gasteiger partial charge >= 0.3 is 0 Å². The molecular weight excluding hydrogens is 328 g/mol. The van der Waals surface area contributed by atoms with Gasteiger partial charge in [-0.3, -0.25) is 0 Å². The summed E-state index contributed by atoms with van der Waals surface area (Å²) < 4.78 is 6.04. The first-order valence-corrected chi connectivity index (χ1v) is 6.93. The summed E-state index contributed by atoms with van der Waals surface area (Å²) in [7, 11) is 1.60. The summed E-state index contributed by atoms with van der Waals surface area (Å²) in [5, 5.41) is 0.591. The lowest BCUT2D eigenvalue weighted by molar-refractivity contribution is 0.412. The van der Waals surface area contributed by atoms with Crippen LogP contribution < -0.4 is 15.6 Å². The van der Waals surface area contributed by atoms with E-state index in [1.54, 1.807) is 7.11 Å². The number of benzene rings is 2. The highest BCUT2D eigenvalue weighted by Crippen LogP contribution is 2.33. The number of ether oxygens (including phenoxy) is 1. The second kappa shape index (κ2) is 6.80. The smallest absolute Gasteiger partial charge is 0.151 e. The maximum absolute atomic E-state index is 6.13. The van der Waals surface area contributed by atoms with Crippen LogP contribution >= 0.6 is 27.5 Å². The van der Waals surface area contributed by atoms with Gasteiger partial charge in [-0.15, -0.1) is 0 Å². The molecule has 3 nitrogen and oxygen atoms in total. The molecule has 2 rings (SSSR count). The first-order valence-electron chi connectivity index (χ1n) is 5.76. The molecule has 2 N–H and O–H groups in total. The molecule has 2 aromatic carbocycles. The Balaban J connectivity index is 1.97. The maximum Gasteiger partial charge on any atom is 0.151 e. The Kier molecular flexibility index (Phi) is 5.07. The Bertz CT molecular complexity index is 525. The van der Waals surface area contributed by atoms with Gasteiger partial charge in [0.1, 0.15) is 0 Å². The molecule has 0 aliphatic heterocycles. The molecule has 0 aromatic heterocycles. The third-order valence-corrected chi connectivity index (χ3v) is 3.43. The van der Waals surface area contributed by atoms with E-state index >= 15 is 0 Å². The van der Waals surface area contributed by atoms with E-state index in [0.717, 1.165) is 15.7 Å². The zero-order valence-corrected chi connectivity index (χ0v) is 12.8. The summed E-state index contributed by atoms with van der Waals surface area (Å²) >= 11 is 9.56. The molecule has 100 valence electrons. The lowest BCUT2D eigenvalue weighted by Gasteiger charge is -2.11. The molecule has 0 fully saturated rings. The molecule has 2 aromatic rings. The summed E-state index contributed by atoms with van der Waals surface area (Å²) in [6, 6.07) is 13.8. The van der Waals surface area contributed by atoms with Gasteiger partial charge in [0.2, 0.25) is 0 Å². The van der Waals surface area contributed by atoms with Gasteiger partial charge in [-0.1, -0.05) is 29.8 Å². The van der Waals surface area contributed by atoms with Crippen molar-refractivity contribution in [1.29, 1.82) is 0 Å². The van der Waals surface area contributed by atoms with Crippen LogP contribution in [0, 0.1) is 0 Å². The molecule has 0 aliphatic carbocycles. The van der Waals surface area contributed by atoms with Crippen molar-refractivity contribution in [2.45, 2.75) is 6.54 Å². The molecule has 0 spiro atoms. The summed E-state index contributed by atoms with van der Waals surface area (Å²) in [5.74, 6) is 0.654. The minimum Gasteiger partial charge on any atom is -0.494 e. The number of anilines is 1. The first kappa shape index (κ1) is 14.2. The number of halogens is 2. The van der Waals surface area contributed by atoms with Gasteiger partial charge in [0.25, 0.3) is 0 Å². The molecule has 0 saturated carbocycles. The third-order valence-electron chi connectivity index (χ3n) is 2.56. The Morgan fingerprint density at radius 3 is 2.58 bits per heavy atom. The quantitative estimate of drug-likeness (QED) is 0.799. The van der Waals surface area contributed by atoms with Gasteiger partial charge in [-0.05, 0) is 45.8 Å². The van der Waals surface area contributed by atoms with Crippen molar-refractivity contribution in [3.8, 4) is 5.75 Å². The second-order valence-electron chi connectivity index (χ2n) is 3.94. The molecule has 0 radical (unpaired) electrons. The molecule has 0 bridgehead atoms. The van der Waals surface area contributed by atoms with E-state index < -0.39 is 0 Å². The van der Waals surface area contributed by atoms with E-state index in [4.69, 9.17) is 16.3 Å². The number of rotatable bonds is 5. The number of methoxy groups -OCH3 is 1. The van der Waals surface area contributed by atoms with Gasteiger partial charge in [-0.2, -0.15) is 0 Å². The van der Waals surface area contributed by atoms with Crippen LogP contribution in [0.25, 0.3) is 0 Å². The van der Waals surface area contributed by atoms with E-state index in [-0.39, 0.29) is 0 Å². The van der Waals surface area contributed by atoms with Crippen LogP contribution in [0.2, 0.25) is 5.02 Å². The third kappa shape index (κ3) is 3.86. The van der Waals surface area contributed by atoms with Crippen LogP contribution in [0.15, 0.2) is 46.9 Å². The summed E-state index contributed by atoms with van der Waals surface area (Å²) in [4.78, 5) is 0. The Labute approximate surface area is 126 Å². The van der Waals surface area contributed by atoms with Crippen molar-refractivity contribution < 1.29 is 4.74 Å². The number of hydrazine groups is 1. The van der Waals surface area contributed by atoms with E-state index in [0.29, 0.717) is 17.3 Å². The molecule has 0 unspecified atom stereocenters. The molecule has 0 atom stereocenters. The SMILES string of the molecule is COc1c(Cl)cc(CNNc2ccccc2)cc1Br. The average Bonchev–Trinajstić information content (AvgIpc) is 2.40. The van der Waals surface area contributed by atoms with E-state index in [2.05, 4.69) is 26.8 Å². The lowest BCUT2D eigenvalue weighted by Crippen LogP contribution is -2.20. The number of hydrogen-bond acceptors (Lipinski definition) is 3. The fourth-order valence-corrected chi connectivity index (χ4v) is 2.78. The van der Waals surface area contributed by atoms with Crippen molar-refractivity contribution in [3.05, 3.63) is 57.5 Å². The topological polar surface area (TPSA) is 33.3 Å². The van der Waals surface area contributed by atoms with E-state index in [1.807, 2.05) is 42.5 Å². The molecule has 0 heterocycles. The average molecular weight is 342 g/mol. The van der Waals surface area contributed by atoms with Gasteiger partial charge in [0, 0.05) is 12.2 Å². The highest BCUT2D eigenvalue weighted by atomic mass is 79.9. The fourth-order valence-electron chi connectivity index (χ4n) is 1.68. The minimum atomic E-state index is 0.591. The molecule has 0 amide bonds.